The smallest absolute Gasteiger partial charge is 0.260 e. The van der Waals surface area contributed by atoms with Gasteiger partial charge in [-0.15, -0.1) is 0 Å². The molecule has 0 atom stereocenters. The molecule has 34 heavy (non-hydrogen) atoms. The van der Waals surface area contributed by atoms with Gasteiger partial charge in [0, 0.05) is 36.8 Å². The van der Waals surface area contributed by atoms with Crippen LogP contribution in [0.3, 0.4) is 0 Å². The van der Waals surface area contributed by atoms with Crippen molar-refractivity contribution < 1.29 is 14.3 Å². The Morgan fingerprint density at radius 3 is 2.85 bits per heavy atom. The highest BCUT2D eigenvalue weighted by atomic mass is 35.5. The first kappa shape index (κ1) is 24.9. The number of ether oxygens (including phenoxy) is 2. The lowest BCUT2D eigenvalue weighted by atomic mass is 10.2. The van der Waals surface area contributed by atoms with Gasteiger partial charge in [-0.05, 0) is 49.2 Å². The van der Waals surface area contributed by atoms with E-state index in [1.807, 2.05) is 42.5 Å². The molecule has 1 saturated heterocycles. The average molecular weight is 502 g/mol. The van der Waals surface area contributed by atoms with Gasteiger partial charge in [-0.2, -0.15) is 0 Å². The fourth-order valence-electron chi connectivity index (χ4n) is 3.98. The third-order valence-electron chi connectivity index (χ3n) is 5.87. The predicted molar refractivity (Wildman–Crippen MR) is 140 cm³/mol. The molecule has 0 aliphatic carbocycles. The zero-order chi connectivity index (χ0) is 23.8. The second-order valence-electron chi connectivity index (χ2n) is 8.46. The minimum Gasteiger partial charge on any atom is -0.494 e. The number of hydrogen-bond acceptors (Lipinski definition) is 6. The monoisotopic (exact) mass is 501 g/mol. The van der Waals surface area contributed by atoms with Crippen molar-refractivity contribution in [1.82, 2.24) is 9.88 Å². The number of nitrogens with zero attached hydrogens (tertiary/aromatic N) is 3. The van der Waals surface area contributed by atoms with Gasteiger partial charge in [0.25, 0.3) is 5.91 Å². The number of aromatic nitrogens is 1. The average Bonchev–Trinajstić information content (AvgIpc) is 3.28. The molecule has 2 heterocycles. The fraction of sp³-hybridized carbons (Fsp3) is 0.462. The number of benzene rings is 2. The second kappa shape index (κ2) is 12.5. The standard InChI is InChI=1S/C26H32ClN3O3S/c1-2-3-4-15-33-22-8-5-7-20(18-22)25(31)30(12-6-11-29-13-16-32-17-14-29)26-28-23-10-9-21(27)19-24(23)34-26/h5,7-10,18-19H,2-4,6,11-17H2,1H3. The number of rotatable bonds is 11. The molecule has 4 rings (SSSR count). The molecule has 0 unspecified atom stereocenters. The number of carbonyl (C=O) groups is 1. The Balaban J connectivity index is 1.52. The first-order valence-electron chi connectivity index (χ1n) is 12.0. The highest BCUT2D eigenvalue weighted by Gasteiger charge is 2.22. The maximum atomic E-state index is 13.7. The van der Waals surface area contributed by atoms with Crippen molar-refractivity contribution in [2.75, 3.05) is 50.9 Å². The maximum absolute atomic E-state index is 13.7. The van der Waals surface area contributed by atoms with Gasteiger partial charge in [0.05, 0.1) is 30.0 Å². The largest absolute Gasteiger partial charge is 0.494 e. The summed E-state index contributed by atoms with van der Waals surface area (Å²) in [7, 11) is 0. The molecule has 1 aliphatic rings. The second-order valence-corrected chi connectivity index (χ2v) is 9.90. The van der Waals surface area contributed by atoms with E-state index in [0.717, 1.165) is 74.5 Å². The number of anilines is 1. The summed E-state index contributed by atoms with van der Waals surface area (Å²) < 4.78 is 12.3. The molecule has 0 radical (unpaired) electrons. The van der Waals surface area contributed by atoms with Crippen LogP contribution in [0.5, 0.6) is 5.75 Å². The maximum Gasteiger partial charge on any atom is 0.260 e. The Kier molecular flexibility index (Phi) is 9.16. The van der Waals surface area contributed by atoms with Crippen molar-refractivity contribution in [1.29, 1.82) is 0 Å². The number of morpholine rings is 1. The van der Waals surface area contributed by atoms with Crippen LogP contribution < -0.4 is 9.64 Å². The van der Waals surface area contributed by atoms with E-state index in [1.54, 1.807) is 4.90 Å². The van der Waals surface area contributed by atoms with Crippen LogP contribution in [0.1, 0.15) is 43.0 Å². The van der Waals surface area contributed by atoms with E-state index in [9.17, 15) is 4.79 Å². The highest BCUT2D eigenvalue weighted by Crippen LogP contribution is 2.32. The first-order chi connectivity index (χ1) is 16.6. The van der Waals surface area contributed by atoms with Gasteiger partial charge in [-0.3, -0.25) is 14.6 Å². The predicted octanol–water partition coefficient (Wildman–Crippen LogP) is 5.89. The van der Waals surface area contributed by atoms with Crippen LogP contribution >= 0.6 is 22.9 Å². The summed E-state index contributed by atoms with van der Waals surface area (Å²) >= 11 is 7.68. The van der Waals surface area contributed by atoms with Crippen LogP contribution in [0.2, 0.25) is 5.02 Å². The van der Waals surface area contributed by atoms with E-state index >= 15 is 0 Å². The van der Waals surface area contributed by atoms with E-state index in [0.29, 0.717) is 28.9 Å². The SMILES string of the molecule is CCCCCOc1cccc(C(=O)N(CCCN2CCOCC2)c2nc3ccc(Cl)cc3s2)c1. The molecule has 8 heteroatoms. The molecule has 3 aromatic rings. The molecule has 2 aromatic carbocycles. The van der Waals surface area contributed by atoms with Crippen LogP contribution in [0.15, 0.2) is 42.5 Å². The molecule has 0 saturated carbocycles. The normalized spacial score (nSPS) is 14.4. The van der Waals surface area contributed by atoms with Crippen molar-refractivity contribution >= 4 is 44.2 Å². The number of amides is 1. The molecule has 1 aliphatic heterocycles. The van der Waals surface area contributed by atoms with Crippen LogP contribution in [-0.4, -0.2) is 61.8 Å². The molecular weight excluding hydrogens is 470 g/mol. The Hall–Kier alpha value is -2.19. The summed E-state index contributed by atoms with van der Waals surface area (Å²) in [4.78, 5) is 22.6. The van der Waals surface area contributed by atoms with Crippen molar-refractivity contribution in [2.24, 2.45) is 0 Å². The molecule has 1 aromatic heterocycles. The van der Waals surface area contributed by atoms with Gasteiger partial charge in [0.2, 0.25) is 0 Å². The van der Waals surface area contributed by atoms with Gasteiger partial charge >= 0.3 is 0 Å². The molecule has 1 amide bonds. The van der Waals surface area contributed by atoms with Crippen molar-refractivity contribution in [2.45, 2.75) is 32.6 Å². The van der Waals surface area contributed by atoms with E-state index in [1.165, 1.54) is 11.3 Å². The van der Waals surface area contributed by atoms with Gasteiger partial charge in [-0.25, -0.2) is 4.98 Å². The Morgan fingerprint density at radius 1 is 1.18 bits per heavy atom. The third-order valence-corrected chi connectivity index (χ3v) is 7.15. The van der Waals surface area contributed by atoms with Crippen LogP contribution in [-0.2, 0) is 4.74 Å². The number of hydrogen-bond donors (Lipinski definition) is 0. The van der Waals surface area contributed by atoms with Crippen LogP contribution in [0.4, 0.5) is 5.13 Å². The highest BCUT2D eigenvalue weighted by molar-refractivity contribution is 7.22. The number of fused-ring (bicyclic) bond motifs is 1. The first-order valence-corrected chi connectivity index (χ1v) is 13.2. The van der Waals surface area contributed by atoms with Crippen LogP contribution in [0, 0.1) is 0 Å². The topological polar surface area (TPSA) is 54.9 Å². The molecule has 1 fully saturated rings. The quantitative estimate of drug-likeness (QED) is 0.307. The Labute approximate surface area is 210 Å². The summed E-state index contributed by atoms with van der Waals surface area (Å²) in [6.07, 6.45) is 4.15. The number of carbonyl (C=O) groups excluding carboxylic acids is 1. The molecule has 182 valence electrons. The zero-order valence-corrected chi connectivity index (χ0v) is 21.2. The van der Waals surface area contributed by atoms with E-state index in [2.05, 4.69) is 11.8 Å². The van der Waals surface area contributed by atoms with Crippen LogP contribution in [0.25, 0.3) is 10.2 Å². The van der Waals surface area contributed by atoms with Gasteiger partial charge in [0.1, 0.15) is 5.75 Å². The molecule has 0 bridgehead atoms. The van der Waals surface area contributed by atoms with Gasteiger partial charge in [0.15, 0.2) is 5.13 Å². The van der Waals surface area contributed by atoms with E-state index in [-0.39, 0.29) is 5.91 Å². The Bertz CT molecular complexity index is 1080. The van der Waals surface area contributed by atoms with Crippen molar-refractivity contribution in [3.8, 4) is 5.75 Å². The summed E-state index contributed by atoms with van der Waals surface area (Å²) in [5.41, 5.74) is 1.46. The summed E-state index contributed by atoms with van der Waals surface area (Å²) in [5, 5.41) is 1.36. The lowest BCUT2D eigenvalue weighted by Gasteiger charge is -2.27. The minimum absolute atomic E-state index is 0.0638. The zero-order valence-electron chi connectivity index (χ0n) is 19.7. The van der Waals surface area contributed by atoms with Crippen molar-refractivity contribution in [3.05, 3.63) is 53.1 Å². The molecule has 0 N–H and O–H groups in total. The lowest BCUT2D eigenvalue weighted by Crippen LogP contribution is -2.39. The molecule has 0 spiro atoms. The van der Waals surface area contributed by atoms with Gasteiger partial charge < -0.3 is 9.47 Å². The molecular formula is C26H32ClN3O3S. The fourth-order valence-corrected chi connectivity index (χ4v) is 5.25. The Morgan fingerprint density at radius 2 is 2.03 bits per heavy atom. The van der Waals surface area contributed by atoms with Gasteiger partial charge in [-0.1, -0.05) is 48.8 Å². The molecule has 6 nitrogen and oxygen atoms in total. The summed E-state index contributed by atoms with van der Waals surface area (Å²) in [6, 6.07) is 13.1. The summed E-state index contributed by atoms with van der Waals surface area (Å²) in [6.45, 7) is 7.75. The van der Waals surface area contributed by atoms with E-state index < -0.39 is 0 Å². The minimum atomic E-state index is -0.0638. The lowest BCUT2D eigenvalue weighted by molar-refractivity contribution is 0.0376. The third kappa shape index (κ3) is 6.69. The summed E-state index contributed by atoms with van der Waals surface area (Å²) in [5.74, 6) is 0.664. The number of thiazole rings is 1. The number of unbranched alkanes of at least 4 members (excludes halogenated alkanes) is 2. The van der Waals surface area contributed by atoms with E-state index in [4.69, 9.17) is 26.1 Å². The number of halogens is 1. The van der Waals surface area contributed by atoms with Crippen molar-refractivity contribution in [3.63, 3.8) is 0 Å².